The molecule has 7 heteroatoms. The lowest BCUT2D eigenvalue weighted by molar-refractivity contribution is 0.278. The molecule has 2 nitrogen and oxygen atoms in total. The summed E-state index contributed by atoms with van der Waals surface area (Å²) in [6, 6.07) is 19.6. The summed E-state index contributed by atoms with van der Waals surface area (Å²) in [6.45, 7) is 4.00. The first kappa shape index (κ1) is 25.6. The first-order valence-corrected chi connectivity index (χ1v) is 14.1. The third kappa shape index (κ3) is 5.38. The molecule has 0 aliphatic heterocycles. The molecule has 2 unspecified atom stereocenters. The molecule has 182 valence electrons. The Balaban J connectivity index is 2.00. The number of halogens is 3. The number of hydrogen-bond acceptors (Lipinski definition) is 2. The summed E-state index contributed by atoms with van der Waals surface area (Å²) in [5.74, 6) is -0.389. The van der Waals surface area contributed by atoms with Gasteiger partial charge in [-0.2, -0.15) is 0 Å². The Bertz CT molecular complexity index is 1180. The third-order valence-corrected chi connectivity index (χ3v) is 12.2. The van der Waals surface area contributed by atoms with Gasteiger partial charge in [0.1, 0.15) is 23.2 Å². The Hall–Kier alpha value is -2.45. The minimum Gasteiger partial charge on any atom is -0.500 e. The molecule has 0 aromatic heterocycles. The molecule has 0 fully saturated rings. The summed E-state index contributed by atoms with van der Waals surface area (Å²) in [5, 5.41) is 1.37. The van der Waals surface area contributed by atoms with Crippen LogP contribution in [-0.4, -0.2) is 23.3 Å². The number of benzene rings is 3. The van der Waals surface area contributed by atoms with Crippen LogP contribution in [0.4, 0.5) is 13.2 Å². The van der Waals surface area contributed by atoms with Crippen molar-refractivity contribution in [3.8, 4) is 0 Å². The quantitative estimate of drug-likeness (QED) is 0.309. The van der Waals surface area contributed by atoms with E-state index in [1.165, 1.54) is 18.2 Å². The standard InChI is InChI=1S/C28H28F3NOP2/c1-20(2)32(34(25-16-8-4-12-21(25)29)26-17-9-5-13-22(26)30)35(27-18-10-6-14-23(27)31)28-19-11-7-15-24(28)33-3/h4-18,20,28H,19H2,1-3H3. The van der Waals surface area contributed by atoms with Gasteiger partial charge < -0.3 is 4.74 Å². The Labute approximate surface area is 207 Å². The second-order valence-corrected chi connectivity index (χ2v) is 12.9. The maximum atomic E-state index is 15.4. The van der Waals surface area contributed by atoms with Gasteiger partial charge in [0.05, 0.1) is 12.8 Å². The first-order valence-electron chi connectivity index (χ1n) is 11.5. The van der Waals surface area contributed by atoms with Crippen molar-refractivity contribution in [2.75, 3.05) is 7.11 Å². The maximum Gasteiger partial charge on any atom is 0.132 e. The van der Waals surface area contributed by atoms with Crippen molar-refractivity contribution in [3.05, 3.63) is 114 Å². The van der Waals surface area contributed by atoms with Gasteiger partial charge in [-0.15, -0.1) is 0 Å². The Morgan fingerprint density at radius 1 is 0.800 bits per heavy atom. The fraction of sp³-hybridized carbons (Fsp3) is 0.214. The number of nitrogens with zero attached hydrogens (tertiary/aromatic N) is 1. The topological polar surface area (TPSA) is 12.5 Å². The lowest BCUT2D eigenvalue weighted by Crippen LogP contribution is -2.38. The lowest BCUT2D eigenvalue weighted by Gasteiger charge is -2.45. The van der Waals surface area contributed by atoms with Gasteiger partial charge in [-0.1, -0.05) is 54.6 Å². The minimum absolute atomic E-state index is 0.143. The molecule has 4 rings (SSSR count). The highest BCUT2D eigenvalue weighted by Gasteiger charge is 2.41. The molecule has 0 amide bonds. The Morgan fingerprint density at radius 3 is 1.74 bits per heavy atom. The van der Waals surface area contributed by atoms with Crippen LogP contribution >= 0.6 is 16.1 Å². The summed E-state index contributed by atoms with van der Waals surface area (Å²) in [7, 11) is -1.51. The van der Waals surface area contributed by atoms with Gasteiger partial charge in [-0.25, -0.2) is 17.6 Å². The number of rotatable bonds is 8. The molecule has 0 heterocycles. The maximum absolute atomic E-state index is 15.4. The first-order chi connectivity index (χ1) is 16.9. The molecular weight excluding hydrogens is 485 g/mol. The van der Waals surface area contributed by atoms with Crippen LogP contribution in [0.1, 0.15) is 20.3 Å². The summed E-state index contributed by atoms with van der Waals surface area (Å²) < 4.78 is 54.1. The van der Waals surface area contributed by atoms with Crippen molar-refractivity contribution in [3.63, 3.8) is 0 Å². The van der Waals surface area contributed by atoms with Gasteiger partial charge in [0.25, 0.3) is 0 Å². The van der Waals surface area contributed by atoms with E-state index in [-0.39, 0.29) is 17.5 Å². The van der Waals surface area contributed by atoms with E-state index in [4.69, 9.17) is 4.74 Å². The molecule has 0 N–H and O–H groups in total. The molecule has 0 saturated heterocycles. The van der Waals surface area contributed by atoms with Gasteiger partial charge in [0, 0.05) is 38.1 Å². The van der Waals surface area contributed by atoms with Crippen LogP contribution in [0.5, 0.6) is 0 Å². The highest BCUT2D eigenvalue weighted by Crippen LogP contribution is 2.61. The van der Waals surface area contributed by atoms with E-state index in [9.17, 15) is 0 Å². The van der Waals surface area contributed by atoms with Crippen molar-refractivity contribution in [2.45, 2.75) is 32.0 Å². The summed E-state index contributed by atoms with van der Waals surface area (Å²) >= 11 is 0. The monoisotopic (exact) mass is 513 g/mol. The van der Waals surface area contributed by atoms with Gasteiger partial charge in [0.15, 0.2) is 0 Å². The second-order valence-electron chi connectivity index (χ2n) is 8.38. The molecule has 3 aromatic carbocycles. The van der Waals surface area contributed by atoms with Crippen molar-refractivity contribution < 1.29 is 17.9 Å². The zero-order chi connectivity index (χ0) is 24.9. The molecule has 2 atom stereocenters. The van der Waals surface area contributed by atoms with E-state index in [0.29, 0.717) is 22.3 Å². The highest BCUT2D eigenvalue weighted by molar-refractivity contribution is 7.82. The molecule has 1 aliphatic carbocycles. The van der Waals surface area contributed by atoms with Gasteiger partial charge >= 0.3 is 0 Å². The largest absolute Gasteiger partial charge is 0.500 e. The average Bonchev–Trinajstić information content (AvgIpc) is 2.86. The van der Waals surface area contributed by atoms with Crippen LogP contribution < -0.4 is 15.9 Å². The van der Waals surface area contributed by atoms with Crippen molar-refractivity contribution in [2.24, 2.45) is 0 Å². The Morgan fingerprint density at radius 2 is 1.29 bits per heavy atom. The van der Waals surface area contributed by atoms with E-state index in [0.717, 1.165) is 5.76 Å². The van der Waals surface area contributed by atoms with Crippen LogP contribution in [0.25, 0.3) is 0 Å². The molecule has 3 aromatic rings. The van der Waals surface area contributed by atoms with Crippen LogP contribution in [0.2, 0.25) is 0 Å². The number of allylic oxidation sites excluding steroid dienone is 4. The Kier molecular flexibility index (Phi) is 8.44. The van der Waals surface area contributed by atoms with Crippen molar-refractivity contribution >= 4 is 32.1 Å². The van der Waals surface area contributed by atoms with Crippen molar-refractivity contribution in [1.29, 1.82) is 0 Å². The smallest absolute Gasteiger partial charge is 0.132 e. The van der Waals surface area contributed by atoms with Crippen LogP contribution in [0.15, 0.2) is 96.8 Å². The van der Waals surface area contributed by atoms with Crippen molar-refractivity contribution in [1.82, 2.24) is 4.44 Å². The fourth-order valence-corrected chi connectivity index (χ4v) is 11.1. The van der Waals surface area contributed by atoms with E-state index >= 15 is 13.2 Å². The van der Waals surface area contributed by atoms with Crippen LogP contribution in [0, 0.1) is 17.5 Å². The molecule has 1 aliphatic rings. The van der Waals surface area contributed by atoms with Crippen LogP contribution in [0.3, 0.4) is 0 Å². The average molecular weight is 513 g/mol. The minimum atomic E-state index is -1.68. The van der Waals surface area contributed by atoms with E-state index in [2.05, 4.69) is 4.44 Å². The third-order valence-electron chi connectivity index (χ3n) is 5.76. The molecular formula is C28H28F3NOP2. The summed E-state index contributed by atoms with van der Waals surface area (Å²) in [4.78, 5) is 0. The normalized spacial score (nSPS) is 16.6. The number of ether oxygens (including phenoxy) is 1. The van der Waals surface area contributed by atoms with E-state index in [1.807, 2.05) is 38.1 Å². The fourth-order valence-electron chi connectivity index (χ4n) is 4.25. The van der Waals surface area contributed by atoms with Gasteiger partial charge in [-0.3, -0.25) is 0 Å². The zero-order valence-corrected chi connectivity index (χ0v) is 21.7. The van der Waals surface area contributed by atoms with Gasteiger partial charge in [0.2, 0.25) is 0 Å². The molecule has 0 saturated carbocycles. The predicted molar refractivity (Wildman–Crippen MR) is 142 cm³/mol. The molecule has 35 heavy (non-hydrogen) atoms. The van der Waals surface area contributed by atoms with E-state index < -0.39 is 27.8 Å². The molecule has 0 radical (unpaired) electrons. The van der Waals surface area contributed by atoms with Crippen LogP contribution in [-0.2, 0) is 4.74 Å². The summed E-state index contributed by atoms with van der Waals surface area (Å²) in [6.07, 6.45) is 6.51. The molecule has 0 spiro atoms. The molecule has 0 bridgehead atoms. The number of hydrogen-bond donors (Lipinski definition) is 0. The highest BCUT2D eigenvalue weighted by atomic mass is 31.2. The second kappa shape index (κ2) is 11.5. The van der Waals surface area contributed by atoms with E-state index in [1.54, 1.807) is 55.6 Å². The predicted octanol–water partition coefficient (Wildman–Crippen LogP) is 6.74. The SMILES string of the molecule is COC1=CC=CCC1P(c1ccccc1F)N(C(C)C)P(c1ccccc1F)c1ccccc1F. The number of methoxy groups -OCH3 is 1. The van der Waals surface area contributed by atoms with Gasteiger partial charge in [-0.05, 0) is 56.7 Å². The summed E-state index contributed by atoms with van der Waals surface area (Å²) in [5.41, 5.74) is -0.178. The lowest BCUT2D eigenvalue weighted by atomic mass is 10.1. The zero-order valence-electron chi connectivity index (χ0n) is 19.9.